The molecule has 1 heterocycles. The van der Waals surface area contributed by atoms with Crippen LogP contribution >= 0.6 is 7.82 Å². The van der Waals surface area contributed by atoms with Gasteiger partial charge in [-0.1, -0.05) is 0 Å². The SMILES string of the molecule is CC(C)(C)OP(=O)(O[C@@H]1CCNC1)OC(C)(C)C. The molecule has 0 aliphatic carbocycles. The molecular weight excluding hydrogens is 253 g/mol. The van der Waals surface area contributed by atoms with Crippen LogP contribution < -0.4 is 5.32 Å². The Hall–Kier alpha value is 0.0700. The van der Waals surface area contributed by atoms with Gasteiger partial charge in [0, 0.05) is 6.54 Å². The molecule has 1 atom stereocenters. The average molecular weight is 279 g/mol. The fraction of sp³-hybridized carbons (Fsp3) is 1.00. The maximum absolute atomic E-state index is 12.7. The molecule has 1 N–H and O–H groups in total. The molecule has 5 nitrogen and oxygen atoms in total. The molecule has 0 saturated carbocycles. The van der Waals surface area contributed by atoms with Crippen molar-refractivity contribution in [1.82, 2.24) is 5.32 Å². The summed E-state index contributed by atoms with van der Waals surface area (Å²) in [5.74, 6) is 0. The van der Waals surface area contributed by atoms with Crippen molar-refractivity contribution in [1.29, 1.82) is 0 Å². The zero-order valence-corrected chi connectivity index (χ0v) is 13.2. The molecule has 0 aromatic rings. The van der Waals surface area contributed by atoms with Crippen LogP contribution in [0.4, 0.5) is 0 Å². The van der Waals surface area contributed by atoms with Crippen LogP contribution in [0.3, 0.4) is 0 Å². The van der Waals surface area contributed by atoms with E-state index in [0.29, 0.717) is 6.54 Å². The van der Waals surface area contributed by atoms with E-state index in [-0.39, 0.29) is 6.10 Å². The Morgan fingerprint density at radius 3 is 1.89 bits per heavy atom. The van der Waals surface area contributed by atoms with Crippen LogP contribution in [-0.2, 0) is 18.1 Å². The van der Waals surface area contributed by atoms with Gasteiger partial charge in [0.2, 0.25) is 0 Å². The summed E-state index contributed by atoms with van der Waals surface area (Å²) >= 11 is 0. The van der Waals surface area contributed by atoms with E-state index in [9.17, 15) is 4.57 Å². The third-order valence-electron chi connectivity index (χ3n) is 2.06. The highest BCUT2D eigenvalue weighted by Crippen LogP contribution is 2.56. The van der Waals surface area contributed by atoms with E-state index in [4.69, 9.17) is 13.6 Å². The van der Waals surface area contributed by atoms with Crippen LogP contribution in [0.25, 0.3) is 0 Å². The van der Waals surface area contributed by atoms with Gasteiger partial charge >= 0.3 is 7.82 Å². The first-order chi connectivity index (χ1) is 7.99. The third kappa shape index (κ3) is 6.30. The maximum atomic E-state index is 12.7. The molecule has 1 aliphatic rings. The van der Waals surface area contributed by atoms with Gasteiger partial charge in [-0.15, -0.1) is 0 Å². The number of hydrogen-bond donors (Lipinski definition) is 1. The van der Waals surface area contributed by atoms with Gasteiger partial charge in [-0.2, -0.15) is 0 Å². The normalized spacial score (nSPS) is 22.4. The third-order valence-corrected chi connectivity index (χ3v) is 4.16. The molecule has 0 aromatic carbocycles. The molecule has 108 valence electrons. The first kappa shape index (κ1) is 16.1. The van der Waals surface area contributed by atoms with E-state index < -0.39 is 19.0 Å². The molecule has 0 unspecified atom stereocenters. The highest BCUT2D eigenvalue weighted by atomic mass is 31.2. The number of rotatable bonds is 4. The first-order valence-electron chi connectivity index (χ1n) is 6.40. The average Bonchev–Trinajstić information content (AvgIpc) is 2.46. The van der Waals surface area contributed by atoms with Crippen LogP contribution in [0.5, 0.6) is 0 Å². The molecule has 0 bridgehead atoms. The van der Waals surface area contributed by atoms with Gasteiger partial charge < -0.3 is 5.32 Å². The van der Waals surface area contributed by atoms with Crippen LogP contribution in [0.1, 0.15) is 48.0 Å². The molecule has 1 fully saturated rings. The molecule has 1 aliphatic heterocycles. The largest absolute Gasteiger partial charge is 0.476 e. The zero-order chi connectivity index (χ0) is 14.0. The quantitative estimate of drug-likeness (QED) is 0.801. The fourth-order valence-corrected chi connectivity index (χ4v) is 3.64. The Morgan fingerprint density at radius 2 is 1.56 bits per heavy atom. The van der Waals surface area contributed by atoms with E-state index in [1.165, 1.54) is 0 Å². The second-order valence-corrected chi connectivity index (χ2v) is 8.05. The van der Waals surface area contributed by atoms with Crippen molar-refractivity contribution in [2.45, 2.75) is 65.3 Å². The molecular formula is C12H26NO4P. The lowest BCUT2D eigenvalue weighted by Gasteiger charge is -2.32. The van der Waals surface area contributed by atoms with Crippen molar-refractivity contribution in [3.05, 3.63) is 0 Å². The second kappa shape index (κ2) is 5.59. The fourth-order valence-electron chi connectivity index (χ4n) is 1.63. The van der Waals surface area contributed by atoms with Gasteiger partial charge in [-0.05, 0) is 54.5 Å². The topological polar surface area (TPSA) is 56.8 Å². The summed E-state index contributed by atoms with van der Waals surface area (Å²) in [5.41, 5.74) is -1.15. The monoisotopic (exact) mass is 279 g/mol. The summed E-state index contributed by atoms with van der Waals surface area (Å²) in [6.07, 6.45) is 0.714. The molecule has 0 spiro atoms. The van der Waals surface area contributed by atoms with E-state index in [2.05, 4.69) is 5.32 Å². The minimum absolute atomic E-state index is 0.111. The van der Waals surface area contributed by atoms with E-state index >= 15 is 0 Å². The van der Waals surface area contributed by atoms with E-state index in [1.54, 1.807) is 0 Å². The lowest BCUT2D eigenvalue weighted by Crippen LogP contribution is -2.27. The minimum atomic E-state index is -3.55. The van der Waals surface area contributed by atoms with Crippen LogP contribution in [0.2, 0.25) is 0 Å². The number of nitrogens with one attached hydrogen (secondary N) is 1. The lowest BCUT2D eigenvalue weighted by molar-refractivity contribution is -0.00795. The summed E-state index contributed by atoms with van der Waals surface area (Å²) < 4.78 is 29.4. The van der Waals surface area contributed by atoms with Gasteiger partial charge in [0.05, 0.1) is 17.3 Å². The Bertz CT molecular complexity index is 293. The van der Waals surface area contributed by atoms with Crippen molar-refractivity contribution < 1.29 is 18.1 Å². The predicted molar refractivity (Wildman–Crippen MR) is 71.6 cm³/mol. The van der Waals surface area contributed by atoms with Gasteiger partial charge in [0.25, 0.3) is 0 Å². The highest BCUT2D eigenvalue weighted by molar-refractivity contribution is 7.48. The molecule has 1 saturated heterocycles. The highest BCUT2D eigenvalue weighted by Gasteiger charge is 2.39. The molecule has 6 heteroatoms. The Kier molecular flexibility index (Phi) is 5.01. The number of phosphoric ester groups is 1. The van der Waals surface area contributed by atoms with Gasteiger partial charge in [0.1, 0.15) is 0 Å². The smallest absolute Gasteiger partial charge is 0.314 e. The van der Waals surface area contributed by atoms with Crippen LogP contribution in [-0.4, -0.2) is 30.4 Å². The summed E-state index contributed by atoms with van der Waals surface area (Å²) in [4.78, 5) is 0. The molecule has 0 radical (unpaired) electrons. The van der Waals surface area contributed by atoms with Gasteiger partial charge in [-0.25, -0.2) is 4.57 Å². The van der Waals surface area contributed by atoms with Gasteiger partial charge in [-0.3, -0.25) is 13.6 Å². The lowest BCUT2D eigenvalue weighted by atomic mass is 10.2. The minimum Gasteiger partial charge on any atom is -0.314 e. The summed E-state index contributed by atoms with van der Waals surface area (Å²) in [6, 6.07) is 0. The Balaban J connectivity index is 2.75. The Morgan fingerprint density at radius 1 is 1.06 bits per heavy atom. The van der Waals surface area contributed by atoms with Crippen molar-refractivity contribution in [2.75, 3.05) is 13.1 Å². The zero-order valence-electron chi connectivity index (χ0n) is 12.3. The van der Waals surface area contributed by atoms with E-state index in [0.717, 1.165) is 13.0 Å². The molecule has 0 aromatic heterocycles. The van der Waals surface area contributed by atoms with Gasteiger partial charge in [0.15, 0.2) is 0 Å². The number of hydrogen-bond acceptors (Lipinski definition) is 5. The second-order valence-electron chi connectivity index (χ2n) is 6.57. The number of phosphoric acid groups is 1. The summed E-state index contributed by atoms with van der Waals surface area (Å²) in [5, 5.41) is 3.16. The van der Waals surface area contributed by atoms with Crippen molar-refractivity contribution in [3.8, 4) is 0 Å². The summed E-state index contributed by atoms with van der Waals surface area (Å²) in [7, 11) is -3.55. The molecule has 18 heavy (non-hydrogen) atoms. The molecule has 0 amide bonds. The van der Waals surface area contributed by atoms with E-state index in [1.807, 2.05) is 41.5 Å². The maximum Gasteiger partial charge on any atom is 0.476 e. The standard InChI is InChI=1S/C12H26NO4P/c1-11(2,3)16-18(14,17-12(4,5)6)15-10-7-8-13-9-10/h10,13H,7-9H2,1-6H3/t10-/m1/s1. The van der Waals surface area contributed by atoms with Crippen LogP contribution in [0.15, 0.2) is 0 Å². The van der Waals surface area contributed by atoms with Crippen molar-refractivity contribution in [2.24, 2.45) is 0 Å². The molecule has 1 rings (SSSR count). The Labute approximate surface area is 110 Å². The summed E-state index contributed by atoms with van der Waals surface area (Å²) in [6.45, 7) is 12.6. The van der Waals surface area contributed by atoms with Crippen molar-refractivity contribution in [3.63, 3.8) is 0 Å². The van der Waals surface area contributed by atoms with Crippen molar-refractivity contribution >= 4 is 7.82 Å². The van der Waals surface area contributed by atoms with Crippen LogP contribution in [0, 0.1) is 0 Å². The first-order valence-corrected chi connectivity index (χ1v) is 7.86. The predicted octanol–water partition coefficient (Wildman–Crippen LogP) is 3.10.